The molecule has 0 bridgehead atoms. The highest BCUT2D eigenvalue weighted by atomic mass is 79.9. The summed E-state index contributed by atoms with van der Waals surface area (Å²) >= 11 is 4.51. The van der Waals surface area contributed by atoms with E-state index in [0.717, 1.165) is 5.56 Å². The van der Waals surface area contributed by atoms with Crippen molar-refractivity contribution < 1.29 is 14.5 Å². The van der Waals surface area contributed by atoms with Gasteiger partial charge in [-0.3, -0.25) is 10.1 Å². The minimum Gasteiger partial charge on any atom is -0.465 e. The average molecular weight is 371 g/mol. The van der Waals surface area contributed by atoms with Gasteiger partial charge in [0.15, 0.2) is 0 Å². The number of esters is 1. The van der Waals surface area contributed by atoms with Gasteiger partial charge < -0.3 is 10.1 Å². The number of nitro groups is 1. The Kier molecular flexibility index (Phi) is 4.92. The van der Waals surface area contributed by atoms with Crippen LogP contribution in [0.5, 0.6) is 0 Å². The first-order valence-corrected chi connectivity index (χ1v) is 7.53. The normalized spacial score (nSPS) is 10.2. The fourth-order valence-electron chi connectivity index (χ4n) is 1.73. The van der Waals surface area contributed by atoms with Crippen molar-refractivity contribution in [3.8, 4) is 0 Å². The lowest BCUT2D eigenvalue weighted by Crippen LogP contribution is -2.06. The van der Waals surface area contributed by atoms with Gasteiger partial charge in [0.2, 0.25) is 0 Å². The number of benzene rings is 1. The molecule has 6 nitrogen and oxygen atoms in total. The number of carbonyl (C=O) groups excluding carboxylic acids is 1. The smallest absolute Gasteiger partial charge is 0.350 e. The number of hydrogen-bond donors (Lipinski definition) is 1. The summed E-state index contributed by atoms with van der Waals surface area (Å²) in [5.41, 5.74) is 1.38. The first-order chi connectivity index (χ1) is 10.0. The van der Waals surface area contributed by atoms with Crippen LogP contribution in [0.25, 0.3) is 0 Å². The van der Waals surface area contributed by atoms with Gasteiger partial charge in [0.1, 0.15) is 9.35 Å². The van der Waals surface area contributed by atoms with Crippen molar-refractivity contribution in [3.63, 3.8) is 0 Å². The van der Waals surface area contributed by atoms with Crippen molar-refractivity contribution >= 4 is 44.6 Å². The van der Waals surface area contributed by atoms with Gasteiger partial charge in [-0.25, -0.2) is 4.79 Å². The van der Waals surface area contributed by atoms with E-state index in [1.54, 1.807) is 23.6 Å². The zero-order valence-corrected chi connectivity index (χ0v) is 13.4. The molecule has 0 amide bonds. The maximum absolute atomic E-state index is 11.6. The second-order valence-electron chi connectivity index (χ2n) is 4.02. The number of hydrogen-bond acceptors (Lipinski definition) is 6. The molecule has 0 fully saturated rings. The van der Waals surface area contributed by atoms with Gasteiger partial charge in [0.25, 0.3) is 5.69 Å². The zero-order chi connectivity index (χ0) is 15.4. The fraction of sp³-hybridized carbons (Fsp3) is 0.154. The highest BCUT2D eigenvalue weighted by Crippen LogP contribution is 2.30. The molecule has 2 rings (SSSR count). The second kappa shape index (κ2) is 6.68. The van der Waals surface area contributed by atoms with Crippen molar-refractivity contribution in [2.24, 2.45) is 0 Å². The summed E-state index contributed by atoms with van der Waals surface area (Å²) in [6.07, 6.45) is 0. The van der Waals surface area contributed by atoms with Crippen LogP contribution < -0.4 is 5.32 Å². The molecule has 8 heteroatoms. The Morgan fingerprint density at radius 1 is 1.48 bits per heavy atom. The highest BCUT2D eigenvalue weighted by molar-refractivity contribution is 9.10. The van der Waals surface area contributed by atoms with Gasteiger partial charge in [-0.05, 0) is 32.9 Å². The van der Waals surface area contributed by atoms with E-state index < -0.39 is 10.9 Å². The topological polar surface area (TPSA) is 81.5 Å². The summed E-state index contributed by atoms with van der Waals surface area (Å²) < 4.78 is 5.12. The number of nitro benzene ring substituents is 1. The van der Waals surface area contributed by atoms with E-state index in [1.807, 2.05) is 0 Å². The van der Waals surface area contributed by atoms with E-state index in [2.05, 4.69) is 21.2 Å². The number of nitrogens with one attached hydrogen (secondary N) is 1. The number of halogens is 1. The van der Waals surface area contributed by atoms with Gasteiger partial charge in [0, 0.05) is 12.6 Å². The maximum Gasteiger partial charge on any atom is 0.350 e. The van der Waals surface area contributed by atoms with Crippen LogP contribution in [0.3, 0.4) is 0 Å². The second-order valence-corrected chi connectivity index (χ2v) is 5.73. The predicted molar refractivity (Wildman–Crippen MR) is 83.8 cm³/mol. The molecule has 2 aromatic rings. The first-order valence-electron chi connectivity index (χ1n) is 5.86. The largest absolute Gasteiger partial charge is 0.465 e. The summed E-state index contributed by atoms with van der Waals surface area (Å²) in [6, 6.07) is 6.59. The van der Waals surface area contributed by atoms with E-state index in [-0.39, 0.29) is 5.69 Å². The Labute approximate surface area is 133 Å². The summed E-state index contributed by atoms with van der Waals surface area (Å²) in [5, 5.41) is 15.7. The first kappa shape index (κ1) is 15.5. The van der Waals surface area contributed by atoms with Gasteiger partial charge in [-0.2, -0.15) is 0 Å². The zero-order valence-electron chi connectivity index (χ0n) is 11.0. The molecule has 0 saturated heterocycles. The summed E-state index contributed by atoms with van der Waals surface area (Å²) in [5.74, 6) is -0.411. The van der Waals surface area contributed by atoms with E-state index in [1.165, 1.54) is 24.5 Å². The van der Waals surface area contributed by atoms with Gasteiger partial charge >= 0.3 is 5.97 Å². The number of anilines is 1. The van der Waals surface area contributed by atoms with Gasteiger partial charge in [0.05, 0.1) is 17.7 Å². The highest BCUT2D eigenvalue weighted by Gasteiger charge is 2.16. The standard InChI is InChI=1S/C13H11BrN2O4S/c1-20-13(17)12-9(5-6-21-12)15-7-8-3-2-4-10(11(8)14)16(18)19/h2-6,15H,7H2,1H3. The lowest BCUT2D eigenvalue weighted by Gasteiger charge is -2.08. The monoisotopic (exact) mass is 370 g/mol. The average Bonchev–Trinajstić information content (AvgIpc) is 2.93. The number of carbonyl (C=O) groups is 1. The molecule has 0 spiro atoms. The summed E-state index contributed by atoms with van der Waals surface area (Å²) in [6.45, 7) is 0.350. The molecule has 0 saturated carbocycles. The molecule has 0 aliphatic heterocycles. The van der Waals surface area contributed by atoms with Crippen molar-refractivity contribution in [3.05, 3.63) is 54.7 Å². The van der Waals surface area contributed by atoms with Crippen molar-refractivity contribution in [2.75, 3.05) is 12.4 Å². The maximum atomic E-state index is 11.6. The van der Waals surface area contributed by atoms with Crippen LogP contribution >= 0.6 is 27.3 Å². The minimum atomic E-state index is -0.446. The third-order valence-electron chi connectivity index (χ3n) is 2.76. The van der Waals surface area contributed by atoms with Crippen molar-refractivity contribution in [1.82, 2.24) is 0 Å². The Morgan fingerprint density at radius 2 is 2.24 bits per heavy atom. The number of thiophene rings is 1. The quantitative estimate of drug-likeness (QED) is 0.491. The molecule has 1 aromatic carbocycles. The molecule has 1 N–H and O–H groups in total. The fourth-order valence-corrected chi connectivity index (χ4v) is 3.07. The van der Waals surface area contributed by atoms with Crippen LogP contribution in [0.4, 0.5) is 11.4 Å². The summed E-state index contributed by atoms with van der Waals surface area (Å²) in [4.78, 5) is 22.5. The van der Waals surface area contributed by atoms with Crippen molar-refractivity contribution in [2.45, 2.75) is 6.54 Å². The molecule has 21 heavy (non-hydrogen) atoms. The lowest BCUT2D eigenvalue weighted by atomic mass is 10.2. The molecular weight excluding hydrogens is 360 g/mol. The summed E-state index contributed by atoms with van der Waals surface area (Å²) in [7, 11) is 1.32. The van der Waals surface area contributed by atoms with Gasteiger partial charge in [-0.15, -0.1) is 11.3 Å². The van der Waals surface area contributed by atoms with Crippen LogP contribution in [0.1, 0.15) is 15.2 Å². The Morgan fingerprint density at radius 3 is 2.90 bits per heavy atom. The van der Waals surface area contributed by atoms with E-state index in [4.69, 9.17) is 4.74 Å². The van der Waals surface area contributed by atoms with E-state index >= 15 is 0 Å². The van der Waals surface area contributed by atoms with E-state index in [0.29, 0.717) is 21.6 Å². The number of methoxy groups -OCH3 is 1. The number of rotatable bonds is 5. The molecule has 0 radical (unpaired) electrons. The van der Waals surface area contributed by atoms with Crippen LogP contribution in [0.2, 0.25) is 0 Å². The molecule has 1 heterocycles. The molecule has 0 atom stereocenters. The molecule has 0 aliphatic carbocycles. The Bertz CT molecular complexity index is 687. The third-order valence-corrected chi connectivity index (χ3v) is 4.57. The number of ether oxygens (including phenoxy) is 1. The molecular formula is C13H11BrN2O4S. The third kappa shape index (κ3) is 3.40. The minimum absolute atomic E-state index is 0.00723. The SMILES string of the molecule is COC(=O)c1sccc1NCc1cccc([N+](=O)[O-])c1Br. The van der Waals surface area contributed by atoms with Crippen LogP contribution in [-0.4, -0.2) is 18.0 Å². The molecule has 110 valence electrons. The molecule has 0 unspecified atom stereocenters. The van der Waals surface area contributed by atoms with Crippen molar-refractivity contribution in [1.29, 1.82) is 0 Å². The molecule has 0 aliphatic rings. The van der Waals surface area contributed by atoms with Crippen LogP contribution in [-0.2, 0) is 11.3 Å². The lowest BCUT2D eigenvalue weighted by molar-refractivity contribution is -0.385. The van der Waals surface area contributed by atoms with Crippen LogP contribution in [0.15, 0.2) is 34.1 Å². The predicted octanol–water partition coefficient (Wildman–Crippen LogP) is 3.82. The Balaban J connectivity index is 2.18. The number of nitrogens with zero attached hydrogens (tertiary/aromatic N) is 1. The Hall–Kier alpha value is -1.93. The van der Waals surface area contributed by atoms with Gasteiger partial charge in [-0.1, -0.05) is 12.1 Å². The van der Waals surface area contributed by atoms with E-state index in [9.17, 15) is 14.9 Å². The molecule has 1 aromatic heterocycles. The van der Waals surface area contributed by atoms with Crippen LogP contribution in [0, 0.1) is 10.1 Å².